The lowest BCUT2D eigenvalue weighted by Crippen LogP contribution is -2.58. The maximum atomic E-state index is 12.2. The third-order valence-corrected chi connectivity index (χ3v) is 4.56. The fourth-order valence-electron chi connectivity index (χ4n) is 1.80. The van der Waals surface area contributed by atoms with Crippen molar-refractivity contribution in [1.29, 1.82) is 0 Å². The summed E-state index contributed by atoms with van der Waals surface area (Å²) in [7, 11) is 0. The van der Waals surface area contributed by atoms with Crippen molar-refractivity contribution in [3.8, 4) is 0 Å². The average Bonchev–Trinajstić information content (AvgIpc) is 2.51. The van der Waals surface area contributed by atoms with Crippen LogP contribution in [-0.4, -0.2) is 74.6 Å². The predicted octanol–water partition coefficient (Wildman–Crippen LogP) is -2.71. The van der Waals surface area contributed by atoms with E-state index < -0.39 is 53.5 Å². The molecule has 0 bridgehead atoms. The third kappa shape index (κ3) is 5.65. The van der Waals surface area contributed by atoms with Crippen LogP contribution in [0.25, 0.3) is 0 Å². The van der Waals surface area contributed by atoms with Crippen LogP contribution in [0.15, 0.2) is 0 Å². The lowest BCUT2D eigenvalue weighted by molar-refractivity contribution is -0.135. The van der Waals surface area contributed by atoms with E-state index in [-0.39, 0.29) is 5.75 Å². The Morgan fingerprint density at radius 2 is 1.83 bits per heavy atom. The van der Waals surface area contributed by atoms with Crippen LogP contribution in [0.5, 0.6) is 0 Å². The zero-order chi connectivity index (χ0) is 17.7. The van der Waals surface area contributed by atoms with Gasteiger partial charge in [-0.05, 0) is 20.8 Å². The van der Waals surface area contributed by atoms with E-state index in [0.717, 1.165) is 11.8 Å². The van der Waals surface area contributed by atoms with Crippen molar-refractivity contribution in [3.05, 3.63) is 0 Å². The first-order chi connectivity index (χ1) is 10.6. The van der Waals surface area contributed by atoms with Gasteiger partial charge in [0.2, 0.25) is 17.7 Å². The van der Waals surface area contributed by atoms with Crippen molar-refractivity contribution >= 4 is 29.5 Å². The first-order valence-electron chi connectivity index (χ1n) is 7.20. The molecule has 0 aromatic heterocycles. The summed E-state index contributed by atoms with van der Waals surface area (Å²) in [5, 5.41) is 34.9. The normalized spacial score (nSPS) is 29.9. The molecule has 1 heterocycles. The summed E-state index contributed by atoms with van der Waals surface area (Å²) in [5.41, 5.74) is 0. The highest BCUT2D eigenvalue weighted by Gasteiger charge is 2.34. The molecule has 1 fully saturated rings. The van der Waals surface area contributed by atoms with Crippen molar-refractivity contribution in [2.75, 3.05) is 5.75 Å². The van der Waals surface area contributed by atoms with Gasteiger partial charge in [-0.25, -0.2) is 0 Å². The number of hydrogen-bond donors (Lipinski definition) is 6. The quantitative estimate of drug-likeness (QED) is 0.302. The zero-order valence-corrected chi connectivity index (χ0v) is 14.0. The first kappa shape index (κ1) is 19.7. The third-order valence-electron chi connectivity index (χ3n) is 3.32. The number of hydrogen-bond acceptors (Lipinski definition) is 7. The summed E-state index contributed by atoms with van der Waals surface area (Å²) < 4.78 is 0. The van der Waals surface area contributed by atoms with Crippen LogP contribution in [0, 0.1) is 0 Å². The molecule has 0 aromatic rings. The topological polar surface area (TPSA) is 148 Å². The zero-order valence-electron chi connectivity index (χ0n) is 13.1. The molecule has 0 aliphatic carbocycles. The van der Waals surface area contributed by atoms with Gasteiger partial charge in [-0.15, -0.1) is 11.8 Å². The van der Waals surface area contributed by atoms with Gasteiger partial charge < -0.3 is 31.3 Å². The first-order valence-corrected chi connectivity index (χ1v) is 8.25. The number of aliphatic hydroxyl groups excluding tert-OH is 3. The maximum Gasteiger partial charge on any atom is 0.245 e. The Kier molecular flexibility index (Phi) is 7.26. The monoisotopic (exact) mass is 349 g/mol. The Hall–Kier alpha value is -1.36. The van der Waals surface area contributed by atoms with Gasteiger partial charge in [0.05, 0.1) is 17.5 Å². The van der Waals surface area contributed by atoms with Crippen molar-refractivity contribution in [1.82, 2.24) is 16.0 Å². The SMILES string of the molecule is CC1SC[C@@H](C(=O)N[C@H](O)[C@@H](C)O)NC(=O)[C@H]([C@@H](C)O)NC1=O. The number of carbonyl (C=O) groups is 3. The molecule has 0 radical (unpaired) electrons. The molecule has 0 saturated carbocycles. The minimum Gasteiger partial charge on any atom is -0.391 e. The molecule has 1 aliphatic rings. The van der Waals surface area contributed by atoms with E-state index in [9.17, 15) is 29.7 Å². The molecule has 1 rings (SSSR count). The lowest BCUT2D eigenvalue weighted by Gasteiger charge is -2.24. The van der Waals surface area contributed by atoms with Crippen LogP contribution in [0.4, 0.5) is 0 Å². The van der Waals surface area contributed by atoms with E-state index in [0.29, 0.717) is 0 Å². The summed E-state index contributed by atoms with van der Waals surface area (Å²) in [6.45, 7) is 4.27. The second-order valence-corrected chi connectivity index (χ2v) is 6.83. The molecule has 23 heavy (non-hydrogen) atoms. The molecule has 0 spiro atoms. The number of aliphatic hydroxyl groups is 3. The van der Waals surface area contributed by atoms with Crippen LogP contribution < -0.4 is 16.0 Å². The Labute approximate surface area is 138 Å². The Bertz CT molecular complexity index is 459. The molecule has 1 saturated heterocycles. The van der Waals surface area contributed by atoms with Gasteiger partial charge in [0, 0.05) is 5.75 Å². The van der Waals surface area contributed by atoms with Crippen LogP contribution in [-0.2, 0) is 14.4 Å². The Morgan fingerprint density at radius 3 is 2.35 bits per heavy atom. The molecule has 1 aliphatic heterocycles. The second-order valence-electron chi connectivity index (χ2n) is 5.46. The second kappa shape index (κ2) is 8.48. The molecular weight excluding hydrogens is 326 g/mol. The van der Waals surface area contributed by atoms with Gasteiger partial charge in [0.15, 0.2) is 6.23 Å². The number of nitrogens with one attached hydrogen (secondary N) is 3. The number of rotatable bonds is 4. The van der Waals surface area contributed by atoms with Crippen LogP contribution >= 0.6 is 11.8 Å². The van der Waals surface area contributed by atoms with Crippen LogP contribution in [0.1, 0.15) is 20.8 Å². The van der Waals surface area contributed by atoms with E-state index in [4.69, 9.17) is 0 Å². The van der Waals surface area contributed by atoms with Crippen molar-refractivity contribution in [2.45, 2.75) is 56.5 Å². The lowest BCUT2D eigenvalue weighted by atomic mass is 10.1. The van der Waals surface area contributed by atoms with Crippen molar-refractivity contribution < 1.29 is 29.7 Å². The minimum atomic E-state index is -1.47. The molecule has 10 heteroatoms. The van der Waals surface area contributed by atoms with Gasteiger partial charge in [-0.1, -0.05) is 0 Å². The largest absolute Gasteiger partial charge is 0.391 e. The van der Waals surface area contributed by atoms with Crippen LogP contribution in [0.2, 0.25) is 0 Å². The minimum absolute atomic E-state index is 0.102. The molecule has 6 N–H and O–H groups in total. The van der Waals surface area contributed by atoms with Crippen LogP contribution in [0.3, 0.4) is 0 Å². The van der Waals surface area contributed by atoms with Gasteiger partial charge in [0.1, 0.15) is 12.1 Å². The van der Waals surface area contributed by atoms with Crippen molar-refractivity contribution in [2.24, 2.45) is 0 Å². The highest BCUT2D eigenvalue weighted by molar-refractivity contribution is 8.00. The van der Waals surface area contributed by atoms with Gasteiger partial charge in [-0.2, -0.15) is 0 Å². The number of thioether (sulfide) groups is 1. The number of amides is 3. The Morgan fingerprint density at radius 1 is 1.22 bits per heavy atom. The Balaban J connectivity index is 2.89. The highest BCUT2D eigenvalue weighted by atomic mass is 32.2. The fourth-order valence-corrected chi connectivity index (χ4v) is 2.74. The smallest absolute Gasteiger partial charge is 0.245 e. The van der Waals surface area contributed by atoms with Gasteiger partial charge in [-0.3, -0.25) is 14.4 Å². The van der Waals surface area contributed by atoms with Crippen molar-refractivity contribution in [3.63, 3.8) is 0 Å². The van der Waals surface area contributed by atoms with E-state index in [1.54, 1.807) is 6.92 Å². The summed E-state index contributed by atoms with van der Waals surface area (Å²) in [6, 6.07) is -2.20. The predicted molar refractivity (Wildman–Crippen MR) is 83.3 cm³/mol. The van der Waals surface area contributed by atoms with Gasteiger partial charge >= 0.3 is 0 Å². The summed E-state index contributed by atoms with van der Waals surface area (Å²) in [6.07, 6.45) is -3.78. The molecule has 9 nitrogen and oxygen atoms in total. The molecular formula is C13H23N3O6S. The van der Waals surface area contributed by atoms with E-state index >= 15 is 0 Å². The molecule has 0 aromatic carbocycles. The molecule has 6 atom stereocenters. The molecule has 1 unspecified atom stereocenters. The molecule has 3 amide bonds. The number of carbonyl (C=O) groups excluding carboxylic acids is 3. The van der Waals surface area contributed by atoms with E-state index in [2.05, 4.69) is 16.0 Å². The standard InChI is InChI=1S/C13H23N3O6S/c1-5(17)9-13(22)14-8(4-23-7(3)11(20)15-9)12(21)16-10(19)6(2)18/h5-10,17-19H,4H2,1-3H3,(H,14,22)(H,15,20)(H,16,21)/t5-,6-,7?,8+,9+,10-/m1/s1. The molecule has 132 valence electrons. The summed E-state index contributed by atoms with van der Waals surface area (Å²) in [5.74, 6) is -1.70. The maximum absolute atomic E-state index is 12.2. The fraction of sp³-hybridized carbons (Fsp3) is 0.769. The van der Waals surface area contributed by atoms with E-state index in [1.807, 2.05) is 0 Å². The average molecular weight is 349 g/mol. The highest BCUT2D eigenvalue weighted by Crippen LogP contribution is 2.15. The van der Waals surface area contributed by atoms with E-state index in [1.165, 1.54) is 13.8 Å². The summed E-state index contributed by atoms with van der Waals surface area (Å²) >= 11 is 1.15. The summed E-state index contributed by atoms with van der Waals surface area (Å²) in [4.78, 5) is 36.2. The van der Waals surface area contributed by atoms with Gasteiger partial charge in [0.25, 0.3) is 0 Å².